The first kappa shape index (κ1) is 69.7. The fraction of sp³-hybridized carbons (Fsp3) is 0.623. The van der Waals surface area contributed by atoms with Crippen LogP contribution in [0.15, 0.2) is 41.8 Å². The molecule has 30 heteroatoms. The molecule has 0 saturated carbocycles. The van der Waals surface area contributed by atoms with Crippen molar-refractivity contribution >= 4 is 76.9 Å². The number of aliphatic hydroxyl groups is 1. The van der Waals surface area contributed by atoms with E-state index < -0.39 is 133 Å². The number of thioether (sulfide) groups is 1. The Morgan fingerprint density at radius 2 is 1.37 bits per heavy atom. The molecule has 1 aromatic carbocycles. The number of guanidine groups is 1. The van der Waals surface area contributed by atoms with Crippen molar-refractivity contribution in [2.75, 3.05) is 44.8 Å². The van der Waals surface area contributed by atoms with Crippen molar-refractivity contribution in [3.8, 4) is 5.75 Å². The van der Waals surface area contributed by atoms with Crippen LogP contribution in [-0.4, -0.2) is 194 Å². The van der Waals surface area contributed by atoms with E-state index >= 15 is 0 Å². The maximum absolute atomic E-state index is 14.2. The molecule has 83 heavy (non-hydrogen) atoms. The van der Waals surface area contributed by atoms with Gasteiger partial charge in [-0.25, -0.2) is 9.78 Å². The number of phenolic OH excluding ortho intramolecular Hbond substituents is 1. The van der Waals surface area contributed by atoms with Gasteiger partial charge in [0.15, 0.2) is 5.96 Å². The quantitative estimate of drug-likeness (QED) is 0.0177. The Morgan fingerprint density at radius 3 is 1.96 bits per heavy atom. The minimum absolute atomic E-state index is 0.0317. The molecule has 29 nitrogen and oxygen atoms in total. The fourth-order valence-electron chi connectivity index (χ4n) is 8.88. The Kier molecular flexibility index (Phi) is 30.3. The average Bonchev–Trinajstić information content (AvgIpc) is 4.29. The lowest BCUT2D eigenvalue weighted by molar-refractivity contribution is -0.142. The minimum Gasteiger partial charge on any atom is -0.508 e. The zero-order chi connectivity index (χ0) is 61.8. The number of aromatic amines is 1. The highest BCUT2D eigenvalue weighted by Gasteiger charge is 2.39. The molecule has 0 bridgehead atoms. The van der Waals surface area contributed by atoms with E-state index in [0.717, 1.165) is 0 Å². The van der Waals surface area contributed by atoms with E-state index in [-0.39, 0.29) is 75.7 Å². The number of phenols is 1. The van der Waals surface area contributed by atoms with Crippen LogP contribution in [0.5, 0.6) is 5.75 Å². The van der Waals surface area contributed by atoms with Gasteiger partial charge in [-0.05, 0) is 99.5 Å². The second kappa shape index (κ2) is 36.1. The fourth-order valence-corrected chi connectivity index (χ4v) is 9.36. The van der Waals surface area contributed by atoms with Crippen LogP contribution in [-0.2, 0) is 60.8 Å². The number of H-pyrrole nitrogens is 1. The molecule has 0 aliphatic carbocycles. The number of unbranched alkanes of at least 4 members (excludes halogenated alkanes) is 1. The van der Waals surface area contributed by atoms with Gasteiger partial charge in [0.25, 0.3) is 0 Å². The van der Waals surface area contributed by atoms with E-state index in [9.17, 15) is 63.3 Å². The number of carboxylic acids is 1. The molecule has 1 fully saturated rings. The van der Waals surface area contributed by atoms with Gasteiger partial charge in [0.2, 0.25) is 53.2 Å². The summed E-state index contributed by atoms with van der Waals surface area (Å²) in [6.07, 6.45) is 6.87. The lowest BCUT2D eigenvalue weighted by Gasteiger charge is -2.29. The van der Waals surface area contributed by atoms with Crippen LogP contribution >= 0.6 is 11.8 Å². The summed E-state index contributed by atoms with van der Waals surface area (Å²) < 4.78 is 0. The molecule has 1 aromatic heterocycles. The highest BCUT2D eigenvalue weighted by molar-refractivity contribution is 7.98. The number of nitrogens with two attached hydrogens (primary N) is 4. The van der Waals surface area contributed by atoms with E-state index in [1.54, 1.807) is 34.0 Å². The number of aliphatic imine (C=N–C) groups is 1. The number of rotatable bonds is 37. The molecular weight excluding hydrogens is 1100 g/mol. The molecule has 0 radical (unpaired) electrons. The average molecular weight is 1190 g/mol. The number of carboxylic acid groups (broad SMARTS) is 1. The largest absolute Gasteiger partial charge is 0.508 e. The number of benzene rings is 1. The van der Waals surface area contributed by atoms with Crippen LogP contribution in [0.2, 0.25) is 0 Å². The molecule has 2 aromatic rings. The van der Waals surface area contributed by atoms with Crippen LogP contribution in [0, 0.1) is 11.8 Å². The first-order chi connectivity index (χ1) is 39.4. The number of likely N-dealkylation sites (tertiary alicyclic amines) is 1. The monoisotopic (exact) mass is 1190 g/mol. The summed E-state index contributed by atoms with van der Waals surface area (Å²) in [5.74, 6) is -9.13. The molecule has 0 spiro atoms. The van der Waals surface area contributed by atoms with Crippen molar-refractivity contribution in [3.63, 3.8) is 0 Å². The number of aromatic nitrogens is 2. The van der Waals surface area contributed by atoms with Gasteiger partial charge in [-0.1, -0.05) is 46.2 Å². The van der Waals surface area contributed by atoms with E-state index in [2.05, 4.69) is 57.5 Å². The summed E-state index contributed by atoms with van der Waals surface area (Å²) in [5.41, 5.74) is 23.7. The Labute approximate surface area is 487 Å². The maximum Gasteiger partial charge on any atom is 0.326 e. The van der Waals surface area contributed by atoms with E-state index in [0.29, 0.717) is 49.2 Å². The third-order valence-electron chi connectivity index (χ3n) is 13.4. The summed E-state index contributed by atoms with van der Waals surface area (Å²) in [6.45, 7) is 5.92. The molecule has 9 amide bonds. The van der Waals surface area contributed by atoms with Crippen molar-refractivity contribution in [1.82, 2.24) is 57.4 Å². The van der Waals surface area contributed by atoms with E-state index in [4.69, 9.17) is 22.9 Å². The zero-order valence-corrected chi connectivity index (χ0v) is 48.6. The first-order valence-electron chi connectivity index (χ1n) is 27.7. The number of nitrogens with one attached hydrogen (secondary N) is 9. The first-order valence-corrected chi connectivity index (χ1v) is 29.1. The van der Waals surface area contributed by atoms with Crippen molar-refractivity contribution in [1.29, 1.82) is 0 Å². The van der Waals surface area contributed by atoms with Gasteiger partial charge in [-0.15, -0.1) is 0 Å². The number of carbonyl (C=O) groups is 10. The Bertz CT molecular complexity index is 2480. The molecular formula is C53H86N16O13S. The Hall–Kier alpha value is -7.57. The molecule has 1 aliphatic heterocycles. The van der Waals surface area contributed by atoms with Gasteiger partial charge in [-0.3, -0.25) is 48.1 Å². The highest BCUT2D eigenvalue weighted by Crippen LogP contribution is 2.20. The summed E-state index contributed by atoms with van der Waals surface area (Å²) in [5, 5.41) is 50.6. The van der Waals surface area contributed by atoms with Crippen molar-refractivity contribution < 1.29 is 63.3 Å². The molecule has 1 saturated heterocycles. The number of hydrogen-bond donors (Lipinski definition) is 16. The Balaban J connectivity index is 1.78. The third kappa shape index (κ3) is 24.4. The number of nitrogens with zero attached hydrogens (tertiary/aromatic N) is 3. The van der Waals surface area contributed by atoms with Crippen LogP contribution < -0.4 is 65.5 Å². The number of aliphatic hydroxyl groups excluding tert-OH is 1. The van der Waals surface area contributed by atoms with Crippen molar-refractivity contribution in [2.24, 2.45) is 39.8 Å². The molecule has 1 aliphatic rings. The van der Waals surface area contributed by atoms with E-state index in [1.807, 2.05) is 0 Å². The number of aliphatic carboxylic acids is 1. The Morgan fingerprint density at radius 1 is 0.759 bits per heavy atom. The SMILES string of the molecule is CSCC[C@H](NC(=O)[C@H](Cc1ccc(O)cc1)NC(=O)CNC(=O)[C@@H](NC(=O)[C@H](CCCN=C(N)N)NC(=O)[C@H](CC(C)C)NC(=O)[C@H](CO)NC(=O)[C@@H]1CCCN1C(=O)[C@@H](N)CCCCN)C(C)C)C(=O)N[C@@H](Cc1cnc[nH]1)C(=O)O. The van der Waals surface area contributed by atoms with Gasteiger partial charge < -0.3 is 90.7 Å². The number of carbonyl (C=O) groups excluding carboxylic acids is 9. The van der Waals surface area contributed by atoms with Gasteiger partial charge in [-0.2, -0.15) is 11.8 Å². The molecule has 0 unspecified atom stereocenters. The maximum atomic E-state index is 14.2. The van der Waals surface area contributed by atoms with Gasteiger partial charge >= 0.3 is 5.97 Å². The second-order valence-electron chi connectivity index (χ2n) is 21.0. The van der Waals surface area contributed by atoms with Crippen molar-refractivity contribution in [3.05, 3.63) is 48.0 Å². The number of amides is 9. The van der Waals surface area contributed by atoms with Crippen LogP contribution in [0.25, 0.3) is 0 Å². The standard InChI is InChI=1S/C53H86N16O13S/c1-29(2)22-37(65-48(77)40(27-70)67-49(78)41-12-9-20-69(41)51(80)34(55)10-6-7-18-54)46(75)63-35(11-8-19-59-53(56)57)45(74)68-43(30(3)4)50(79)60-26-42(72)62-38(23-31-13-15-33(71)16-14-31)47(76)64-36(17-21-83-5)44(73)66-39(52(81)82)24-32-25-58-28-61-32/h13-16,25,28-30,34-41,43,70-71H,6-12,17-24,26-27,54-55H2,1-5H3,(H,58,61)(H,60,79)(H,62,72)(H,63,75)(H,64,76)(H,65,77)(H,66,73)(H,67,78)(H,68,74)(H,81,82)(H4,56,57,59)/t34-,35-,36-,37-,38-,39-,40-,41-,43-/m0/s1. The van der Waals surface area contributed by atoms with Crippen LogP contribution in [0.3, 0.4) is 0 Å². The van der Waals surface area contributed by atoms with Gasteiger partial charge in [0.1, 0.15) is 54.1 Å². The minimum atomic E-state index is -1.55. The second-order valence-corrected chi connectivity index (χ2v) is 22.0. The van der Waals surface area contributed by atoms with Gasteiger partial charge in [0, 0.05) is 37.8 Å². The molecule has 462 valence electrons. The predicted octanol–water partition coefficient (Wildman–Crippen LogP) is -3.56. The van der Waals surface area contributed by atoms with Crippen molar-refractivity contribution in [2.45, 2.75) is 153 Å². The molecule has 3 rings (SSSR count). The molecule has 2 heterocycles. The summed E-state index contributed by atoms with van der Waals surface area (Å²) in [7, 11) is 0. The molecule has 9 atom stereocenters. The smallest absolute Gasteiger partial charge is 0.326 e. The van der Waals surface area contributed by atoms with Crippen LogP contribution in [0.1, 0.15) is 96.7 Å². The lowest BCUT2D eigenvalue weighted by atomic mass is 10.0. The zero-order valence-electron chi connectivity index (χ0n) is 47.8. The highest BCUT2D eigenvalue weighted by atomic mass is 32.2. The lowest BCUT2D eigenvalue weighted by Crippen LogP contribution is -2.60. The van der Waals surface area contributed by atoms with Crippen LogP contribution in [0.4, 0.5) is 0 Å². The number of imidazole rings is 1. The third-order valence-corrected chi connectivity index (χ3v) is 14.0. The summed E-state index contributed by atoms with van der Waals surface area (Å²) >= 11 is 1.37. The number of hydrogen-bond acceptors (Lipinski definition) is 17. The number of aromatic hydroxyl groups is 1. The normalized spacial score (nSPS) is 15.9. The predicted molar refractivity (Wildman–Crippen MR) is 308 cm³/mol. The van der Waals surface area contributed by atoms with E-state index in [1.165, 1.54) is 53.5 Å². The molecule has 20 N–H and O–H groups in total. The summed E-state index contributed by atoms with van der Waals surface area (Å²) in [6, 6.07) is -5.62. The summed E-state index contributed by atoms with van der Waals surface area (Å²) in [4.78, 5) is 148. The van der Waals surface area contributed by atoms with Gasteiger partial charge in [0.05, 0.1) is 25.5 Å². The topological polar surface area (TPSA) is 476 Å².